The number of carbonyl (C=O) groups is 4. The molecule has 0 radical (unpaired) electrons. The van der Waals surface area contributed by atoms with Gasteiger partial charge in [0.1, 0.15) is 10.9 Å². The van der Waals surface area contributed by atoms with E-state index in [9.17, 15) is 19.2 Å². The van der Waals surface area contributed by atoms with Crippen LogP contribution in [0.15, 0.2) is 29.2 Å². The summed E-state index contributed by atoms with van der Waals surface area (Å²) < 4.78 is 0.245. The molecule has 2 aliphatic heterocycles. The minimum atomic E-state index is -1.17. The zero-order chi connectivity index (χ0) is 19.7. The molecule has 140 valence electrons. The Kier molecular flexibility index (Phi) is 5.29. The van der Waals surface area contributed by atoms with E-state index in [-0.39, 0.29) is 34.2 Å². The second-order valence-corrected chi connectivity index (χ2v) is 7.47. The summed E-state index contributed by atoms with van der Waals surface area (Å²) in [7, 11) is 0. The quantitative estimate of drug-likeness (QED) is 0.540. The van der Waals surface area contributed by atoms with Crippen molar-refractivity contribution in [2.45, 2.75) is 12.8 Å². The maximum Gasteiger partial charge on any atom is 0.323 e. The van der Waals surface area contributed by atoms with E-state index < -0.39 is 30.3 Å². The van der Waals surface area contributed by atoms with Crippen molar-refractivity contribution in [3.05, 3.63) is 34.7 Å². The molecule has 0 atom stereocenters. The minimum Gasteiger partial charge on any atom is -0.481 e. The van der Waals surface area contributed by atoms with Gasteiger partial charge in [0.15, 0.2) is 0 Å². The fraction of sp³-hybridized carbons (Fsp3) is 0.235. The molecule has 1 saturated heterocycles. The Morgan fingerprint density at radius 1 is 1.04 bits per heavy atom. The predicted molar refractivity (Wildman–Crippen MR) is 102 cm³/mol. The molecule has 2 aliphatic rings. The number of amides is 2. The molecule has 2 N–H and O–H groups in total. The van der Waals surface area contributed by atoms with Gasteiger partial charge in [-0.05, 0) is 12.5 Å². The van der Waals surface area contributed by atoms with Gasteiger partial charge in [0.25, 0.3) is 11.8 Å². The van der Waals surface area contributed by atoms with Crippen molar-refractivity contribution < 1.29 is 29.4 Å². The highest BCUT2D eigenvalue weighted by molar-refractivity contribution is 8.26. The third kappa shape index (κ3) is 3.58. The van der Waals surface area contributed by atoms with Gasteiger partial charge in [-0.15, -0.1) is 0 Å². The van der Waals surface area contributed by atoms with Gasteiger partial charge in [-0.25, -0.2) is 0 Å². The van der Waals surface area contributed by atoms with Crippen LogP contribution in [0.1, 0.15) is 18.4 Å². The molecular formula is C17H14N2O6S2. The monoisotopic (exact) mass is 406 g/mol. The Bertz CT molecular complexity index is 910. The Morgan fingerprint density at radius 2 is 1.74 bits per heavy atom. The van der Waals surface area contributed by atoms with Crippen molar-refractivity contribution in [2.24, 2.45) is 0 Å². The first-order valence-electron chi connectivity index (χ1n) is 7.94. The summed E-state index contributed by atoms with van der Waals surface area (Å²) in [6.07, 6.45) is 0.136. The van der Waals surface area contributed by atoms with Crippen LogP contribution in [0.5, 0.6) is 0 Å². The molecule has 1 fully saturated rings. The molecule has 2 heterocycles. The molecule has 10 heteroatoms. The molecule has 0 aromatic heterocycles. The number of benzene rings is 1. The van der Waals surface area contributed by atoms with Gasteiger partial charge < -0.3 is 10.2 Å². The Balaban J connectivity index is 1.96. The highest BCUT2D eigenvalue weighted by Crippen LogP contribution is 2.44. The van der Waals surface area contributed by atoms with E-state index in [0.29, 0.717) is 11.3 Å². The van der Waals surface area contributed by atoms with E-state index in [2.05, 4.69) is 0 Å². The second-order valence-electron chi connectivity index (χ2n) is 5.83. The summed E-state index contributed by atoms with van der Waals surface area (Å²) in [5.74, 6) is -3.17. The lowest BCUT2D eigenvalue weighted by Gasteiger charge is -2.14. The maximum absolute atomic E-state index is 12.8. The number of aliphatic carboxylic acids is 2. The number of carboxylic acid groups (broad SMARTS) is 2. The number of hydrogen-bond donors (Lipinski definition) is 2. The molecular weight excluding hydrogens is 392 g/mol. The van der Waals surface area contributed by atoms with Crippen LogP contribution < -0.4 is 4.90 Å². The van der Waals surface area contributed by atoms with Crippen LogP contribution in [0.25, 0.3) is 5.57 Å². The largest absolute Gasteiger partial charge is 0.481 e. The van der Waals surface area contributed by atoms with E-state index in [4.69, 9.17) is 22.4 Å². The first-order valence-corrected chi connectivity index (χ1v) is 9.16. The molecule has 1 aromatic rings. The summed E-state index contributed by atoms with van der Waals surface area (Å²) in [5, 5.41) is 17.8. The SMILES string of the molecule is O=C(O)CCCN1C(=O)/C(=C2/C(=O)N(CC(=O)O)c3ccccc32)SC1=S. The Labute approximate surface area is 163 Å². The molecule has 2 amide bonds. The summed E-state index contributed by atoms with van der Waals surface area (Å²) >= 11 is 6.18. The van der Waals surface area contributed by atoms with Crippen LogP contribution in [0.2, 0.25) is 0 Å². The van der Waals surface area contributed by atoms with Crippen LogP contribution in [0.3, 0.4) is 0 Å². The molecule has 0 unspecified atom stereocenters. The van der Waals surface area contributed by atoms with E-state index in [1.165, 1.54) is 4.90 Å². The number of hydrogen-bond acceptors (Lipinski definition) is 6. The van der Waals surface area contributed by atoms with Crippen LogP contribution in [-0.4, -0.2) is 56.3 Å². The number of thioether (sulfide) groups is 1. The van der Waals surface area contributed by atoms with E-state index in [1.807, 2.05) is 0 Å². The second kappa shape index (κ2) is 7.49. The summed E-state index contributed by atoms with van der Waals surface area (Å²) in [6, 6.07) is 6.66. The molecule has 0 bridgehead atoms. The molecule has 1 aromatic carbocycles. The van der Waals surface area contributed by atoms with Crippen molar-refractivity contribution in [2.75, 3.05) is 18.0 Å². The highest BCUT2D eigenvalue weighted by Gasteiger charge is 2.42. The summed E-state index contributed by atoms with van der Waals surface area (Å²) in [6.45, 7) is -0.374. The number of rotatable bonds is 6. The Hall–Kier alpha value is -2.72. The first kappa shape index (κ1) is 19.1. The third-order valence-corrected chi connectivity index (χ3v) is 5.51. The van der Waals surface area contributed by atoms with Gasteiger partial charge in [-0.2, -0.15) is 0 Å². The number of anilines is 1. The summed E-state index contributed by atoms with van der Waals surface area (Å²) in [5.41, 5.74) is 1.04. The van der Waals surface area contributed by atoms with Crippen molar-refractivity contribution in [1.82, 2.24) is 4.90 Å². The zero-order valence-corrected chi connectivity index (χ0v) is 15.5. The maximum atomic E-state index is 12.8. The highest BCUT2D eigenvalue weighted by atomic mass is 32.2. The van der Waals surface area contributed by atoms with E-state index >= 15 is 0 Å². The molecule has 0 saturated carbocycles. The molecule has 27 heavy (non-hydrogen) atoms. The van der Waals surface area contributed by atoms with Gasteiger partial charge in [0.05, 0.1) is 16.2 Å². The average molecular weight is 406 g/mol. The lowest BCUT2D eigenvalue weighted by molar-refractivity contribution is -0.137. The Morgan fingerprint density at radius 3 is 2.41 bits per heavy atom. The van der Waals surface area contributed by atoms with E-state index in [0.717, 1.165) is 16.7 Å². The molecule has 0 spiro atoms. The van der Waals surface area contributed by atoms with Crippen LogP contribution >= 0.6 is 24.0 Å². The van der Waals surface area contributed by atoms with Crippen LogP contribution in [0.4, 0.5) is 5.69 Å². The fourth-order valence-electron chi connectivity index (χ4n) is 2.92. The zero-order valence-electron chi connectivity index (χ0n) is 13.9. The minimum absolute atomic E-state index is 0.100. The molecule has 0 aliphatic carbocycles. The van der Waals surface area contributed by atoms with Crippen LogP contribution in [-0.2, 0) is 19.2 Å². The number of carboxylic acids is 2. The smallest absolute Gasteiger partial charge is 0.323 e. The number of fused-ring (bicyclic) bond motifs is 1. The topological polar surface area (TPSA) is 115 Å². The standard InChI is InChI=1S/C17H14N2O6S2/c20-11(21)6-3-7-18-16(25)14(27-17(18)26)13-9-4-1-2-5-10(9)19(15(13)24)8-12(22)23/h1-2,4-5H,3,6-8H2,(H,20,21)(H,22,23)/b14-13-. The van der Waals surface area contributed by atoms with Crippen molar-refractivity contribution >= 4 is 63.3 Å². The molecule has 8 nitrogen and oxygen atoms in total. The number of nitrogens with zero attached hydrogens (tertiary/aromatic N) is 2. The van der Waals surface area contributed by atoms with Crippen molar-refractivity contribution in [1.29, 1.82) is 0 Å². The van der Waals surface area contributed by atoms with Crippen molar-refractivity contribution in [3.8, 4) is 0 Å². The molecule has 3 rings (SSSR count). The van der Waals surface area contributed by atoms with Gasteiger partial charge in [0.2, 0.25) is 0 Å². The fourth-order valence-corrected chi connectivity index (χ4v) is 4.30. The van der Waals surface area contributed by atoms with Gasteiger partial charge >= 0.3 is 11.9 Å². The first-order chi connectivity index (χ1) is 12.8. The van der Waals surface area contributed by atoms with Crippen LogP contribution in [0, 0.1) is 0 Å². The van der Waals surface area contributed by atoms with Gasteiger partial charge in [-0.3, -0.25) is 29.0 Å². The van der Waals surface area contributed by atoms with Crippen molar-refractivity contribution in [3.63, 3.8) is 0 Å². The lowest BCUT2D eigenvalue weighted by Crippen LogP contribution is -2.33. The summed E-state index contributed by atoms with van der Waals surface area (Å²) in [4.78, 5) is 50.0. The number of carbonyl (C=O) groups excluding carboxylic acids is 2. The number of para-hydroxylation sites is 1. The third-order valence-electron chi connectivity index (χ3n) is 4.07. The van der Waals surface area contributed by atoms with Gasteiger partial charge in [0, 0.05) is 18.5 Å². The van der Waals surface area contributed by atoms with Gasteiger partial charge in [-0.1, -0.05) is 42.2 Å². The average Bonchev–Trinajstić information content (AvgIpc) is 3.02. The lowest BCUT2D eigenvalue weighted by atomic mass is 10.1. The normalized spacial score (nSPS) is 19.0. The van der Waals surface area contributed by atoms with E-state index in [1.54, 1.807) is 24.3 Å². The number of thiocarbonyl (C=S) groups is 1. The predicted octanol–water partition coefficient (Wildman–Crippen LogP) is 1.55.